The summed E-state index contributed by atoms with van der Waals surface area (Å²) in [4.78, 5) is 31.8. The third-order valence-corrected chi connectivity index (χ3v) is 4.36. The summed E-state index contributed by atoms with van der Waals surface area (Å²) < 4.78 is 5.74. The van der Waals surface area contributed by atoms with Crippen molar-refractivity contribution >= 4 is 39.9 Å². The van der Waals surface area contributed by atoms with Crippen LogP contribution in [0, 0.1) is 0 Å². The Bertz CT molecular complexity index is 962. The lowest BCUT2D eigenvalue weighted by atomic mass is 10.2. The second kappa shape index (κ2) is 8.58. The highest BCUT2D eigenvalue weighted by atomic mass is 35.5. The van der Waals surface area contributed by atoms with E-state index in [1.807, 2.05) is 0 Å². The van der Waals surface area contributed by atoms with Gasteiger partial charge in [0.1, 0.15) is 17.1 Å². The normalized spacial score (nSPS) is 10.3. The molecule has 138 valence electrons. The zero-order chi connectivity index (χ0) is 19.2. The zero-order valence-electron chi connectivity index (χ0n) is 13.7. The fourth-order valence-electron chi connectivity index (χ4n) is 2.08. The summed E-state index contributed by atoms with van der Waals surface area (Å²) in [6.45, 7) is 0. The average molecular weight is 405 g/mol. The maximum Gasteiger partial charge on any atom is 0.262 e. The van der Waals surface area contributed by atoms with Crippen LogP contribution in [0.5, 0.6) is 11.5 Å². The number of nitrogens with zero attached hydrogens (tertiary/aromatic N) is 2. The molecule has 8 nitrogen and oxygen atoms in total. The number of amides is 2. The summed E-state index contributed by atoms with van der Waals surface area (Å²) in [5, 5.41) is 13.7. The van der Waals surface area contributed by atoms with Gasteiger partial charge in [0, 0.05) is 22.8 Å². The Morgan fingerprint density at radius 2 is 2.00 bits per heavy atom. The molecule has 1 aromatic carbocycles. The number of halogens is 1. The van der Waals surface area contributed by atoms with Crippen LogP contribution in [-0.4, -0.2) is 27.0 Å². The molecule has 0 aliphatic heterocycles. The molecule has 10 heteroatoms. The van der Waals surface area contributed by atoms with Gasteiger partial charge >= 0.3 is 0 Å². The van der Waals surface area contributed by atoms with Crippen LogP contribution in [0.4, 0.5) is 5.13 Å². The van der Waals surface area contributed by atoms with E-state index in [9.17, 15) is 9.59 Å². The van der Waals surface area contributed by atoms with E-state index in [-0.39, 0.29) is 12.0 Å². The van der Waals surface area contributed by atoms with Crippen molar-refractivity contribution in [1.29, 1.82) is 0 Å². The van der Waals surface area contributed by atoms with E-state index < -0.39 is 11.8 Å². The predicted molar refractivity (Wildman–Crippen MR) is 99.5 cm³/mol. The number of benzene rings is 1. The summed E-state index contributed by atoms with van der Waals surface area (Å²) in [6.07, 6.45) is 2.80. The van der Waals surface area contributed by atoms with Gasteiger partial charge in [0.05, 0.1) is 12.1 Å². The topological polar surface area (TPSA) is 113 Å². The first-order chi connectivity index (χ1) is 13.0. The van der Waals surface area contributed by atoms with E-state index >= 15 is 0 Å². The zero-order valence-corrected chi connectivity index (χ0v) is 15.3. The summed E-state index contributed by atoms with van der Waals surface area (Å²) in [5.41, 5.74) is 2.17. The van der Waals surface area contributed by atoms with Gasteiger partial charge in [-0.25, -0.2) is 10.5 Å². The van der Waals surface area contributed by atoms with Gasteiger partial charge in [-0.2, -0.15) is 0 Å². The summed E-state index contributed by atoms with van der Waals surface area (Å²) in [7, 11) is 0. The third-order valence-electron chi connectivity index (χ3n) is 3.31. The lowest BCUT2D eigenvalue weighted by Gasteiger charge is -2.10. The number of hydrogen-bond acceptors (Lipinski definition) is 7. The number of nitrogens with one attached hydrogen (secondary N) is 2. The van der Waals surface area contributed by atoms with Crippen molar-refractivity contribution < 1.29 is 19.5 Å². The first-order valence-corrected chi connectivity index (χ1v) is 8.87. The van der Waals surface area contributed by atoms with Crippen molar-refractivity contribution in [2.24, 2.45) is 0 Å². The third kappa shape index (κ3) is 5.00. The van der Waals surface area contributed by atoms with Gasteiger partial charge in [0.2, 0.25) is 5.91 Å². The SMILES string of the molecule is O=C(Cc1csc(NC(=O)c2cnccc2Oc2ccc(Cl)cc2)n1)NO. The monoisotopic (exact) mass is 404 g/mol. The molecule has 0 saturated heterocycles. The van der Waals surface area contributed by atoms with Crippen molar-refractivity contribution in [3.05, 3.63) is 64.4 Å². The van der Waals surface area contributed by atoms with E-state index in [2.05, 4.69) is 15.3 Å². The number of hydrogen-bond donors (Lipinski definition) is 3. The average Bonchev–Trinajstić information content (AvgIpc) is 3.10. The fraction of sp³-hybridized carbons (Fsp3) is 0.0588. The molecule has 0 aliphatic carbocycles. The lowest BCUT2D eigenvalue weighted by Crippen LogP contribution is -2.20. The molecule has 0 aliphatic rings. The molecule has 0 fully saturated rings. The Labute approximate surface area is 162 Å². The molecular formula is C17H13ClN4O4S. The molecule has 0 atom stereocenters. The molecule has 27 heavy (non-hydrogen) atoms. The van der Waals surface area contributed by atoms with Crippen LogP contribution < -0.4 is 15.5 Å². The highest BCUT2D eigenvalue weighted by Crippen LogP contribution is 2.27. The molecule has 0 bridgehead atoms. The van der Waals surface area contributed by atoms with Crippen LogP contribution in [0.15, 0.2) is 48.1 Å². The lowest BCUT2D eigenvalue weighted by molar-refractivity contribution is -0.128. The molecule has 0 radical (unpaired) electrons. The van der Waals surface area contributed by atoms with Crippen LogP contribution in [0.1, 0.15) is 16.1 Å². The number of rotatable bonds is 6. The number of anilines is 1. The standard InChI is InChI=1S/C17H13ClN4O4S/c18-10-1-3-12(4-2-10)26-14-5-6-19-8-13(14)16(24)21-17-20-11(9-27-17)7-15(23)22-25/h1-6,8-9,25H,7H2,(H,22,23)(H,20,21,24). The van der Waals surface area contributed by atoms with E-state index in [0.717, 1.165) is 11.3 Å². The molecule has 2 heterocycles. The van der Waals surface area contributed by atoms with Gasteiger partial charge in [0.15, 0.2) is 5.13 Å². The largest absolute Gasteiger partial charge is 0.456 e. The number of carbonyl (C=O) groups is 2. The minimum absolute atomic E-state index is 0.0965. The van der Waals surface area contributed by atoms with E-state index in [1.54, 1.807) is 35.7 Å². The second-order valence-electron chi connectivity index (χ2n) is 5.24. The molecule has 0 saturated carbocycles. The van der Waals surface area contributed by atoms with Crippen LogP contribution in [0.3, 0.4) is 0 Å². The predicted octanol–water partition coefficient (Wildman–Crippen LogP) is 3.28. The van der Waals surface area contributed by atoms with Gasteiger partial charge in [-0.1, -0.05) is 11.6 Å². The quantitative estimate of drug-likeness (QED) is 0.429. The Balaban J connectivity index is 1.73. The molecular weight excluding hydrogens is 392 g/mol. The first kappa shape index (κ1) is 18.8. The second-order valence-corrected chi connectivity index (χ2v) is 6.53. The van der Waals surface area contributed by atoms with Crippen LogP contribution in [-0.2, 0) is 11.2 Å². The molecule has 3 N–H and O–H groups in total. The van der Waals surface area contributed by atoms with Gasteiger partial charge in [-0.05, 0) is 30.3 Å². The minimum atomic E-state index is -0.593. The van der Waals surface area contributed by atoms with Crippen molar-refractivity contribution in [3.63, 3.8) is 0 Å². The molecule has 3 rings (SSSR count). The first-order valence-electron chi connectivity index (χ1n) is 7.61. The Kier molecular flexibility index (Phi) is 5.97. The van der Waals surface area contributed by atoms with Crippen LogP contribution in [0.2, 0.25) is 5.02 Å². The molecule has 0 spiro atoms. The van der Waals surface area contributed by atoms with Crippen LogP contribution in [0.25, 0.3) is 0 Å². The Morgan fingerprint density at radius 3 is 2.74 bits per heavy atom. The number of pyridine rings is 1. The number of thiazole rings is 1. The summed E-state index contributed by atoms with van der Waals surface area (Å²) in [6, 6.07) is 8.30. The van der Waals surface area contributed by atoms with Crippen molar-refractivity contribution in [2.75, 3.05) is 5.32 Å². The number of hydroxylamine groups is 1. The fourth-order valence-corrected chi connectivity index (χ4v) is 2.92. The van der Waals surface area contributed by atoms with Gasteiger partial charge < -0.3 is 4.74 Å². The van der Waals surface area contributed by atoms with E-state index in [1.165, 1.54) is 17.9 Å². The van der Waals surface area contributed by atoms with Crippen molar-refractivity contribution in [2.45, 2.75) is 6.42 Å². The van der Waals surface area contributed by atoms with Gasteiger partial charge in [0.25, 0.3) is 5.91 Å². The highest BCUT2D eigenvalue weighted by Gasteiger charge is 2.16. The summed E-state index contributed by atoms with van der Waals surface area (Å²) in [5.74, 6) is -0.212. The Morgan fingerprint density at radius 1 is 1.22 bits per heavy atom. The highest BCUT2D eigenvalue weighted by molar-refractivity contribution is 7.14. The Hall–Kier alpha value is -3.01. The van der Waals surface area contributed by atoms with Crippen LogP contribution >= 0.6 is 22.9 Å². The van der Waals surface area contributed by atoms with Gasteiger partial charge in [-0.3, -0.25) is 25.1 Å². The summed E-state index contributed by atoms with van der Waals surface area (Å²) >= 11 is 7.01. The van der Waals surface area contributed by atoms with Gasteiger partial charge in [-0.15, -0.1) is 11.3 Å². The number of ether oxygens (including phenoxy) is 1. The molecule has 2 aromatic heterocycles. The number of carbonyl (C=O) groups excluding carboxylic acids is 2. The van der Waals surface area contributed by atoms with E-state index in [0.29, 0.717) is 27.3 Å². The van der Waals surface area contributed by atoms with Crippen molar-refractivity contribution in [1.82, 2.24) is 15.4 Å². The van der Waals surface area contributed by atoms with Crippen molar-refractivity contribution in [3.8, 4) is 11.5 Å². The van der Waals surface area contributed by atoms with E-state index in [4.69, 9.17) is 21.5 Å². The maximum atomic E-state index is 12.6. The molecule has 2 amide bonds. The molecule has 3 aromatic rings. The number of aromatic nitrogens is 2. The minimum Gasteiger partial charge on any atom is -0.456 e. The maximum absolute atomic E-state index is 12.6. The smallest absolute Gasteiger partial charge is 0.262 e. The molecule has 0 unspecified atom stereocenters.